The quantitative estimate of drug-likeness (QED) is 0.692. The Balaban J connectivity index is 1.49. The minimum absolute atomic E-state index is 0.341. The van der Waals surface area contributed by atoms with E-state index in [9.17, 15) is 8.42 Å². The Hall–Kier alpha value is -2.23. The van der Waals surface area contributed by atoms with Crippen molar-refractivity contribution in [2.45, 2.75) is 4.21 Å². The molecule has 0 saturated carbocycles. The van der Waals surface area contributed by atoms with Crippen LogP contribution in [0.2, 0.25) is 0 Å². The van der Waals surface area contributed by atoms with Crippen molar-refractivity contribution in [1.82, 2.24) is 9.46 Å². The van der Waals surface area contributed by atoms with Crippen LogP contribution in [0, 0.1) is 0 Å². The molecule has 0 aliphatic carbocycles. The second-order valence-electron chi connectivity index (χ2n) is 5.65. The van der Waals surface area contributed by atoms with Crippen LogP contribution in [-0.4, -0.2) is 44.1 Å². The maximum atomic E-state index is 12.9. The lowest BCUT2D eigenvalue weighted by Crippen LogP contribution is -2.48. The van der Waals surface area contributed by atoms with Gasteiger partial charge in [0.15, 0.2) is 12.4 Å². The predicted octanol–water partition coefficient (Wildman–Crippen LogP) is 1.73. The number of H-pyrrole nitrogens is 1. The van der Waals surface area contributed by atoms with Crippen LogP contribution in [0.3, 0.4) is 0 Å². The highest BCUT2D eigenvalue weighted by molar-refractivity contribution is 7.91. The lowest BCUT2D eigenvalue weighted by molar-refractivity contribution is -0.377. The van der Waals surface area contributed by atoms with Crippen LogP contribution >= 0.6 is 11.3 Å². The Labute approximate surface area is 149 Å². The van der Waals surface area contributed by atoms with Gasteiger partial charge in [-0.15, -0.1) is 11.3 Å². The number of nitrogens with one attached hydrogen (secondary N) is 1. The Kier molecular flexibility index (Phi) is 4.28. The molecule has 1 saturated heterocycles. The molecule has 3 aromatic rings. The highest BCUT2D eigenvalue weighted by Crippen LogP contribution is 2.32. The van der Waals surface area contributed by atoms with Crippen molar-refractivity contribution < 1.29 is 17.9 Å². The van der Waals surface area contributed by atoms with E-state index >= 15 is 0 Å². The molecule has 7 nitrogen and oxygen atoms in total. The summed E-state index contributed by atoms with van der Waals surface area (Å²) in [4.78, 5) is 5.97. The number of hydrogen-bond donors (Lipinski definition) is 0. The molecule has 130 valence electrons. The summed E-state index contributed by atoms with van der Waals surface area (Å²) in [5.74, 6) is 0. The van der Waals surface area contributed by atoms with Crippen molar-refractivity contribution in [3.63, 3.8) is 0 Å². The largest absolute Gasteiger partial charge is 0.369 e. The normalized spacial score (nSPS) is 16.2. The molecule has 1 aliphatic heterocycles. The Bertz CT molecular complexity index is 931. The lowest BCUT2D eigenvalue weighted by Gasteiger charge is -2.34. The second-order valence-corrected chi connectivity index (χ2v) is 8.90. The van der Waals surface area contributed by atoms with E-state index in [1.807, 2.05) is 24.5 Å². The van der Waals surface area contributed by atoms with Gasteiger partial charge >= 0.3 is 0 Å². The minimum Gasteiger partial charge on any atom is -0.369 e. The number of rotatable bonds is 4. The molecule has 4 rings (SSSR count). The maximum absolute atomic E-state index is 12.9. The molecule has 0 atom stereocenters. The molecule has 0 unspecified atom stereocenters. The molecule has 0 aromatic carbocycles. The van der Waals surface area contributed by atoms with Gasteiger partial charge in [0.1, 0.15) is 16.2 Å². The fourth-order valence-electron chi connectivity index (χ4n) is 2.84. The number of aromatic amines is 1. The van der Waals surface area contributed by atoms with E-state index in [4.69, 9.17) is 4.52 Å². The van der Waals surface area contributed by atoms with Gasteiger partial charge in [-0.2, -0.15) is 4.31 Å². The Morgan fingerprint density at radius 1 is 1.04 bits per heavy atom. The summed E-state index contributed by atoms with van der Waals surface area (Å²) in [5, 5.41) is 3.86. The molecule has 0 amide bonds. The zero-order chi connectivity index (χ0) is 17.3. The second kappa shape index (κ2) is 6.58. The molecule has 0 spiro atoms. The molecule has 25 heavy (non-hydrogen) atoms. The van der Waals surface area contributed by atoms with Gasteiger partial charge in [-0.3, -0.25) is 0 Å². The van der Waals surface area contributed by atoms with E-state index in [0.717, 1.165) is 10.6 Å². The number of sulfonamides is 1. The van der Waals surface area contributed by atoms with Gasteiger partial charge in [0.25, 0.3) is 10.0 Å². The molecule has 3 aromatic heterocycles. The SMILES string of the molecule is O=S(=O)(c1ccc(-c2ccon2)s1)N1CCN(c2cc[nH+]cc2)CC1. The first kappa shape index (κ1) is 16.2. The first-order valence-electron chi connectivity index (χ1n) is 7.86. The number of hydrogen-bond acceptors (Lipinski definition) is 6. The lowest BCUT2D eigenvalue weighted by atomic mass is 10.3. The summed E-state index contributed by atoms with van der Waals surface area (Å²) in [6, 6.07) is 9.12. The Morgan fingerprint density at radius 3 is 2.48 bits per heavy atom. The van der Waals surface area contributed by atoms with Crippen molar-refractivity contribution in [2.75, 3.05) is 31.1 Å². The third kappa shape index (κ3) is 3.17. The molecule has 1 fully saturated rings. The van der Waals surface area contributed by atoms with Gasteiger partial charge in [-0.25, -0.2) is 13.4 Å². The van der Waals surface area contributed by atoms with Gasteiger partial charge < -0.3 is 9.42 Å². The first-order chi connectivity index (χ1) is 12.1. The summed E-state index contributed by atoms with van der Waals surface area (Å²) in [7, 11) is -3.48. The van der Waals surface area contributed by atoms with E-state index in [0.29, 0.717) is 36.1 Å². The predicted molar refractivity (Wildman–Crippen MR) is 93.8 cm³/mol. The fraction of sp³-hybridized carbons (Fsp3) is 0.250. The molecule has 9 heteroatoms. The van der Waals surface area contributed by atoms with Crippen molar-refractivity contribution in [3.05, 3.63) is 49.0 Å². The third-order valence-corrected chi connectivity index (χ3v) is 7.64. The zero-order valence-corrected chi connectivity index (χ0v) is 15.0. The van der Waals surface area contributed by atoms with Gasteiger partial charge in [0, 0.05) is 50.1 Å². The van der Waals surface area contributed by atoms with Crippen molar-refractivity contribution in [3.8, 4) is 10.6 Å². The summed E-state index contributed by atoms with van der Waals surface area (Å²) in [5.41, 5.74) is 1.75. The summed E-state index contributed by atoms with van der Waals surface area (Å²) in [6.45, 7) is 2.28. The van der Waals surface area contributed by atoms with Gasteiger partial charge in [0.2, 0.25) is 0 Å². The number of piperazine rings is 1. The number of nitrogens with zero attached hydrogens (tertiary/aromatic N) is 3. The standard InChI is InChI=1S/C16H16N4O3S2/c21-25(22,16-2-1-15(24-16)14-5-12-23-18-14)20-10-8-19(9-11-20)13-3-6-17-7-4-13/h1-7,12H,8-11H2/p+1. The minimum atomic E-state index is -3.48. The van der Waals surface area contributed by atoms with Crippen LogP contribution in [0.5, 0.6) is 0 Å². The van der Waals surface area contributed by atoms with Crippen LogP contribution in [0.25, 0.3) is 10.6 Å². The maximum Gasteiger partial charge on any atom is 0.252 e. The van der Waals surface area contributed by atoms with Gasteiger partial charge in [0.05, 0.1) is 4.88 Å². The topological polar surface area (TPSA) is 80.8 Å². The van der Waals surface area contributed by atoms with Crippen LogP contribution in [0.1, 0.15) is 0 Å². The zero-order valence-electron chi connectivity index (χ0n) is 13.3. The number of anilines is 1. The summed E-state index contributed by atoms with van der Waals surface area (Å²) in [6.07, 6.45) is 5.22. The van der Waals surface area contributed by atoms with E-state index in [1.54, 1.807) is 22.5 Å². The molecule has 0 radical (unpaired) electrons. The third-order valence-electron chi connectivity index (χ3n) is 4.17. The summed E-state index contributed by atoms with van der Waals surface area (Å²) < 4.78 is 32.5. The van der Waals surface area contributed by atoms with Crippen molar-refractivity contribution >= 4 is 27.0 Å². The summed E-state index contributed by atoms with van der Waals surface area (Å²) >= 11 is 1.22. The van der Waals surface area contributed by atoms with Crippen molar-refractivity contribution in [1.29, 1.82) is 0 Å². The molecular weight excluding hydrogens is 360 g/mol. The monoisotopic (exact) mass is 377 g/mol. The van der Waals surface area contributed by atoms with Crippen LogP contribution in [-0.2, 0) is 10.0 Å². The average molecular weight is 377 g/mol. The average Bonchev–Trinajstić information content (AvgIpc) is 3.34. The van der Waals surface area contributed by atoms with Crippen molar-refractivity contribution in [2.24, 2.45) is 0 Å². The van der Waals surface area contributed by atoms with Crippen LogP contribution in [0.4, 0.5) is 5.69 Å². The highest BCUT2D eigenvalue weighted by atomic mass is 32.2. The highest BCUT2D eigenvalue weighted by Gasteiger charge is 2.30. The fourth-order valence-corrected chi connectivity index (χ4v) is 5.68. The molecule has 1 N–H and O–H groups in total. The van der Waals surface area contributed by atoms with E-state index in [1.165, 1.54) is 17.6 Å². The molecule has 1 aliphatic rings. The van der Waals surface area contributed by atoms with Gasteiger partial charge in [-0.1, -0.05) is 5.16 Å². The van der Waals surface area contributed by atoms with Crippen LogP contribution in [0.15, 0.2) is 57.7 Å². The van der Waals surface area contributed by atoms with E-state index in [2.05, 4.69) is 15.0 Å². The van der Waals surface area contributed by atoms with E-state index in [-0.39, 0.29) is 0 Å². The molecular formula is C16H17N4O3S2+. The molecule has 4 heterocycles. The molecule has 0 bridgehead atoms. The first-order valence-corrected chi connectivity index (χ1v) is 10.1. The van der Waals surface area contributed by atoms with E-state index < -0.39 is 10.0 Å². The number of aromatic nitrogens is 2. The van der Waals surface area contributed by atoms with Gasteiger partial charge in [-0.05, 0) is 12.1 Å². The smallest absolute Gasteiger partial charge is 0.252 e. The van der Waals surface area contributed by atoms with Crippen LogP contribution < -0.4 is 9.88 Å². The number of thiophene rings is 1. The number of pyridine rings is 1. The Morgan fingerprint density at radius 2 is 1.80 bits per heavy atom.